The molecule has 1 aromatic rings. The van der Waals surface area contributed by atoms with Gasteiger partial charge in [-0.2, -0.15) is 0 Å². The Hall–Kier alpha value is -1.20. The third-order valence-electron chi connectivity index (χ3n) is 4.70. The van der Waals surface area contributed by atoms with Crippen molar-refractivity contribution in [2.45, 2.75) is 57.6 Å². The highest BCUT2D eigenvalue weighted by molar-refractivity contribution is 7.90. The van der Waals surface area contributed by atoms with E-state index in [1.165, 1.54) is 0 Å². The minimum absolute atomic E-state index is 0.0687. The van der Waals surface area contributed by atoms with Crippen LogP contribution >= 0.6 is 0 Å². The molecule has 0 amide bonds. The van der Waals surface area contributed by atoms with Gasteiger partial charge in [-0.1, -0.05) is 44.0 Å². The summed E-state index contributed by atoms with van der Waals surface area (Å²) in [6.07, 6.45) is 4.32. The maximum Gasteiger partial charge on any atom is 0.213 e. The molecule has 4 nitrogen and oxygen atoms in total. The normalized spacial score (nSPS) is 17.6. The largest absolute Gasteiger partial charge is 0.294 e. The first kappa shape index (κ1) is 18.1. The van der Waals surface area contributed by atoms with E-state index in [4.69, 9.17) is 0 Å². The molecule has 0 radical (unpaired) electrons. The Morgan fingerprint density at radius 3 is 2.22 bits per heavy atom. The van der Waals surface area contributed by atoms with Crippen LogP contribution in [-0.2, 0) is 10.0 Å². The minimum Gasteiger partial charge on any atom is -0.294 e. The molecule has 0 saturated heterocycles. The average Bonchev–Trinajstić information content (AvgIpc) is 3.06. The number of sulfonamides is 1. The first-order chi connectivity index (χ1) is 10.8. The van der Waals surface area contributed by atoms with E-state index in [-0.39, 0.29) is 17.6 Å². The van der Waals surface area contributed by atoms with Crippen molar-refractivity contribution in [3.05, 3.63) is 35.4 Å². The van der Waals surface area contributed by atoms with Crippen molar-refractivity contribution in [3.63, 3.8) is 0 Å². The predicted octanol–water partition coefficient (Wildman–Crippen LogP) is 3.49. The van der Waals surface area contributed by atoms with Gasteiger partial charge in [0.15, 0.2) is 5.78 Å². The Bertz CT molecular complexity index is 629. The predicted molar refractivity (Wildman–Crippen MR) is 93.2 cm³/mol. The molecule has 128 valence electrons. The summed E-state index contributed by atoms with van der Waals surface area (Å²) in [5, 5.41) is -0.430. The fourth-order valence-electron chi connectivity index (χ4n) is 2.93. The van der Waals surface area contributed by atoms with Crippen molar-refractivity contribution in [3.8, 4) is 0 Å². The maximum absolute atomic E-state index is 12.4. The number of rotatable bonds is 7. The Kier molecular flexibility index (Phi) is 5.98. The second-order valence-corrected chi connectivity index (χ2v) is 9.13. The molecule has 23 heavy (non-hydrogen) atoms. The molecule has 0 aromatic heterocycles. The highest BCUT2D eigenvalue weighted by Crippen LogP contribution is 2.28. The van der Waals surface area contributed by atoms with Gasteiger partial charge < -0.3 is 0 Å². The summed E-state index contributed by atoms with van der Waals surface area (Å²) in [6, 6.07) is 7.64. The first-order valence-electron chi connectivity index (χ1n) is 8.44. The van der Waals surface area contributed by atoms with Gasteiger partial charge in [0.2, 0.25) is 10.0 Å². The van der Waals surface area contributed by atoms with Crippen LogP contribution in [0.25, 0.3) is 0 Å². The number of carbonyl (C=O) groups is 1. The smallest absolute Gasteiger partial charge is 0.213 e. The number of hydrogen-bond donors (Lipinski definition) is 1. The second-order valence-electron chi connectivity index (χ2n) is 6.81. The molecule has 0 aliphatic heterocycles. The van der Waals surface area contributed by atoms with Gasteiger partial charge >= 0.3 is 0 Å². The summed E-state index contributed by atoms with van der Waals surface area (Å²) < 4.78 is 26.2. The molecule has 1 N–H and O–H groups in total. The summed E-state index contributed by atoms with van der Waals surface area (Å²) >= 11 is 0. The van der Waals surface area contributed by atoms with Gasteiger partial charge in [0, 0.05) is 18.0 Å². The van der Waals surface area contributed by atoms with E-state index in [0.29, 0.717) is 6.54 Å². The molecule has 0 bridgehead atoms. The van der Waals surface area contributed by atoms with Crippen molar-refractivity contribution in [2.75, 3.05) is 6.54 Å². The van der Waals surface area contributed by atoms with Crippen LogP contribution in [0.2, 0.25) is 0 Å². The molecule has 2 rings (SSSR count). The highest BCUT2D eigenvalue weighted by Gasteiger charge is 2.24. The van der Waals surface area contributed by atoms with Crippen molar-refractivity contribution in [1.29, 1.82) is 0 Å². The maximum atomic E-state index is 12.4. The van der Waals surface area contributed by atoms with Crippen LogP contribution in [-0.4, -0.2) is 26.0 Å². The molecular weight excluding hydrogens is 310 g/mol. The number of carbonyl (C=O) groups excluding carboxylic acids is 1. The van der Waals surface area contributed by atoms with E-state index in [1.807, 2.05) is 31.2 Å². The summed E-state index contributed by atoms with van der Waals surface area (Å²) in [4.78, 5) is 12.4. The SMILES string of the molecule is CC(CNS(=O)(=O)C(C)C)c1ccc(C(=O)C2CCCC2)cc1. The van der Waals surface area contributed by atoms with Crippen LogP contribution < -0.4 is 4.72 Å². The minimum atomic E-state index is -3.24. The molecular formula is C18H27NO3S. The Labute approximate surface area is 139 Å². The van der Waals surface area contributed by atoms with Gasteiger partial charge in [-0.05, 0) is 38.2 Å². The molecule has 0 spiro atoms. The number of ketones is 1. The molecule has 1 atom stereocenters. The molecule has 1 saturated carbocycles. The van der Waals surface area contributed by atoms with Gasteiger partial charge in [0.1, 0.15) is 0 Å². The number of nitrogens with one attached hydrogen (secondary N) is 1. The van der Waals surface area contributed by atoms with Gasteiger partial charge in [-0.3, -0.25) is 4.79 Å². The number of Topliss-reactive ketones (excluding diaryl/α,β-unsaturated/α-hetero) is 1. The molecule has 5 heteroatoms. The monoisotopic (exact) mass is 337 g/mol. The van der Waals surface area contributed by atoms with Crippen LogP contribution in [0.5, 0.6) is 0 Å². The van der Waals surface area contributed by atoms with Crippen molar-refractivity contribution in [2.24, 2.45) is 5.92 Å². The lowest BCUT2D eigenvalue weighted by Gasteiger charge is -2.16. The summed E-state index contributed by atoms with van der Waals surface area (Å²) in [6.45, 7) is 5.68. The number of hydrogen-bond acceptors (Lipinski definition) is 3. The average molecular weight is 337 g/mol. The molecule has 1 aliphatic rings. The van der Waals surface area contributed by atoms with Gasteiger partial charge in [-0.25, -0.2) is 13.1 Å². The van der Waals surface area contributed by atoms with Crippen LogP contribution in [0, 0.1) is 5.92 Å². The zero-order valence-corrected chi connectivity index (χ0v) is 15.0. The fourth-order valence-corrected chi connectivity index (χ4v) is 3.74. The van der Waals surface area contributed by atoms with Gasteiger partial charge in [0.05, 0.1) is 5.25 Å². The molecule has 1 unspecified atom stereocenters. The third kappa shape index (κ3) is 4.64. The van der Waals surface area contributed by atoms with E-state index >= 15 is 0 Å². The van der Waals surface area contributed by atoms with Crippen molar-refractivity contribution < 1.29 is 13.2 Å². The summed E-state index contributed by atoms with van der Waals surface area (Å²) in [5.41, 5.74) is 1.81. The standard InChI is InChI=1S/C18H27NO3S/c1-13(2)23(21,22)19-12-14(3)15-8-10-17(11-9-15)18(20)16-6-4-5-7-16/h8-11,13-14,16,19H,4-7,12H2,1-3H3. The molecule has 1 fully saturated rings. The Morgan fingerprint density at radius 1 is 1.13 bits per heavy atom. The Morgan fingerprint density at radius 2 is 1.70 bits per heavy atom. The van der Waals surface area contributed by atoms with Crippen LogP contribution in [0.15, 0.2) is 24.3 Å². The van der Waals surface area contributed by atoms with E-state index in [0.717, 1.165) is 36.8 Å². The zero-order chi connectivity index (χ0) is 17.0. The summed E-state index contributed by atoms with van der Waals surface area (Å²) in [7, 11) is -3.24. The van der Waals surface area contributed by atoms with Crippen LogP contribution in [0.4, 0.5) is 0 Å². The highest BCUT2D eigenvalue weighted by atomic mass is 32.2. The van der Waals surface area contributed by atoms with E-state index in [1.54, 1.807) is 13.8 Å². The fraction of sp³-hybridized carbons (Fsp3) is 0.611. The Balaban J connectivity index is 1.97. The van der Waals surface area contributed by atoms with E-state index in [9.17, 15) is 13.2 Å². The van der Waals surface area contributed by atoms with Crippen LogP contribution in [0.1, 0.15) is 68.3 Å². The van der Waals surface area contributed by atoms with Crippen LogP contribution in [0.3, 0.4) is 0 Å². The summed E-state index contributed by atoms with van der Waals surface area (Å²) in [5.74, 6) is 0.512. The molecule has 1 aliphatic carbocycles. The quantitative estimate of drug-likeness (QED) is 0.775. The number of benzene rings is 1. The zero-order valence-electron chi connectivity index (χ0n) is 14.2. The topological polar surface area (TPSA) is 63.2 Å². The second kappa shape index (κ2) is 7.58. The van der Waals surface area contributed by atoms with Gasteiger partial charge in [-0.15, -0.1) is 0 Å². The third-order valence-corrected chi connectivity index (χ3v) is 6.51. The lowest BCUT2D eigenvalue weighted by atomic mass is 9.93. The van der Waals surface area contributed by atoms with Crippen molar-refractivity contribution in [1.82, 2.24) is 4.72 Å². The van der Waals surface area contributed by atoms with Crippen molar-refractivity contribution >= 4 is 15.8 Å². The first-order valence-corrected chi connectivity index (χ1v) is 9.98. The molecule has 0 heterocycles. The van der Waals surface area contributed by atoms with Gasteiger partial charge in [0.25, 0.3) is 0 Å². The lowest BCUT2D eigenvalue weighted by molar-refractivity contribution is 0.0923. The molecule has 1 aromatic carbocycles. The van der Waals surface area contributed by atoms with E-state index in [2.05, 4.69) is 4.72 Å². The lowest BCUT2D eigenvalue weighted by Crippen LogP contribution is -2.33. The van der Waals surface area contributed by atoms with E-state index < -0.39 is 15.3 Å².